The summed E-state index contributed by atoms with van der Waals surface area (Å²) >= 11 is 14.1. The van der Waals surface area contributed by atoms with E-state index in [2.05, 4.69) is 9.72 Å². The molecule has 1 aromatic heterocycles. The Balaban J connectivity index is 1.41. The molecule has 8 nitrogen and oxygen atoms in total. The Labute approximate surface area is 268 Å². The van der Waals surface area contributed by atoms with Crippen molar-refractivity contribution in [3.63, 3.8) is 0 Å². The molecule has 2 fully saturated rings. The van der Waals surface area contributed by atoms with E-state index in [0.29, 0.717) is 54.5 Å². The molecule has 3 aromatic rings. The first-order valence-electron chi connectivity index (χ1n) is 14.1. The minimum absolute atomic E-state index is 0.0526. The van der Waals surface area contributed by atoms with Gasteiger partial charge in [-0.2, -0.15) is 8.78 Å². The van der Waals surface area contributed by atoms with Gasteiger partial charge in [-0.05, 0) is 72.7 Å². The van der Waals surface area contributed by atoms with E-state index in [1.54, 1.807) is 12.1 Å². The summed E-state index contributed by atoms with van der Waals surface area (Å²) in [5.74, 6) is -0.0660. The van der Waals surface area contributed by atoms with Gasteiger partial charge in [-0.15, -0.1) is 11.8 Å². The first kappa shape index (κ1) is 32.3. The van der Waals surface area contributed by atoms with E-state index in [4.69, 9.17) is 38.4 Å². The lowest BCUT2D eigenvalue weighted by Crippen LogP contribution is -2.40. The number of alkyl halides is 2. The SMILES string of the molecule is NCCc1ccc(C(=O)N2CCSC2C(=O)O[C@@H](Cc2c(Cl)cncc2Cl)c2ccc(OC(F)F)c(OCC3CC3)c2)cc1. The molecule has 2 atom stereocenters. The Morgan fingerprint density at radius 1 is 1.07 bits per heavy atom. The minimum Gasteiger partial charge on any atom is -0.489 e. The van der Waals surface area contributed by atoms with Crippen LogP contribution in [0.25, 0.3) is 0 Å². The van der Waals surface area contributed by atoms with Crippen LogP contribution in [0.15, 0.2) is 54.9 Å². The monoisotopic (exact) mass is 665 g/mol. The number of pyridine rings is 1. The maximum Gasteiger partial charge on any atom is 0.387 e. The molecule has 2 heterocycles. The van der Waals surface area contributed by atoms with Crippen molar-refractivity contribution in [2.75, 3.05) is 25.4 Å². The lowest BCUT2D eigenvalue weighted by molar-refractivity contribution is -0.151. The second kappa shape index (κ2) is 14.8. The normalized spacial score (nSPS) is 17.0. The van der Waals surface area contributed by atoms with Crippen LogP contribution in [-0.2, 0) is 22.4 Å². The highest BCUT2D eigenvalue weighted by Gasteiger charge is 2.38. The standard InChI is InChI=1S/C31H31Cl2F2N3O5S/c32-23-15-37-16-24(33)22(23)14-26(21-7-8-25(43-31(34)35)27(13-21)41-17-19-1-2-19)42-30(40)29-38(11-12-44-29)28(39)20-5-3-18(4-6-20)9-10-36/h3-8,13,15-16,19,26,29,31H,1-2,9-12,14,17,36H2/t26-,29?/m0/s1. The molecule has 0 spiro atoms. The van der Waals surface area contributed by atoms with Gasteiger partial charge in [0.15, 0.2) is 16.9 Å². The highest BCUT2D eigenvalue weighted by atomic mass is 35.5. The highest BCUT2D eigenvalue weighted by molar-refractivity contribution is 8.00. The molecule has 1 unspecified atom stereocenters. The second-order valence-electron chi connectivity index (χ2n) is 10.5. The molecule has 44 heavy (non-hydrogen) atoms. The van der Waals surface area contributed by atoms with Crippen molar-refractivity contribution >= 4 is 46.8 Å². The van der Waals surface area contributed by atoms with Crippen molar-refractivity contribution in [2.45, 2.75) is 43.8 Å². The Morgan fingerprint density at radius 3 is 2.45 bits per heavy atom. The molecule has 1 saturated heterocycles. The van der Waals surface area contributed by atoms with Crippen molar-refractivity contribution in [3.8, 4) is 11.5 Å². The summed E-state index contributed by atoms with van der Waals surface area (Å²) in [7, 11) is 0. The van der Waals surface area contributed by atoms with E-state index in [9.17, 15) is 18.4 Å². The fourth-order valence-electron chi connectivity index (χ4n) is 4.79. The molecule has 0 bridgehead atoms. The number of benzene rings is 2. The van der Waals surface area contributed by atoms with Crippen LogP contribution in [-0.4, -0.2) is 59.2 Å². The summed E-state index contributed by atoms with van der Waals surface area (Å²) in [6.45, 7) is -1.85. The average Bonchev–Trinajstić information content (AvgIpc) is 3.70. The van der Waals surface area contributed by atoms with Crippen LogP contribution in [0, 0.1) is 5.92 Å². The predicted octanol–water partition coefficient (Wildman–Crippen LogP) is 6.32. The molecular formula is C31H31Cl2F2N3O5S. The number of carbonyl (C=O) groups is 2. The van der Waals surface area contributed by atoms with Crippen LogP contribution in [0.1, 0.15) is 46.0 Å². The smallest absolute Gasteiger partial charge is 0.387 e. The van der Waals surface area contributed by atoms with Gasteiger partial charge in [0.2, 0.25) is 0 Å². The second-order valence-corrected chi connectivity index (χ2v) is 12.5. The van der Waals surface area contributed by atoms with Gasteiger partial charge in [-0.25, -0.2) is 4.79 Å². The summed E-state index contributed by atoms with van der Waals surface area (Å²) in [4.78, 5) is 32.6. The van der Waals surface area contributed by atoms with Crippen LogP contribution >= 0.6 is 35.0 Å². The summed E-state index contributed by atoms with van der Waals surface area (Å²) in [5, 5.41) is -0.359. The van der Waals surface area contributed by atoms with E-state index in [-0.39, 0.29) is 33.9 Å². The number of ether oxygens (including phenoxy) is 3. The van der Waals surface area contributed by atoms with Gasteiger partial charge in [0, 0.05) is 36.7 Å². The van der Waals surface area contributed by atoms with Crippen LogP contribution < -0.4 is 15.2 Å². The van der Waals surface area contributed by atoms with E-state index in [1.807, 2.05) is 12.1 Å². The lowest BCUT2D eigenvalue weighted by atomic mass is 10.0. The van der Waals surface area contributed by atoms with E-state index >= 15 is 0 Å². The van der Waals surface area contributed by atoms with Gasteiger partial charge >= 0.3 is 12.6 Å². The molecule has 2 aromatic carbocycles. The third kappa shape index (κ3) is 8.12. The number of amides is 1. The zero-order valence-corrected chi connectivity index (χ0v) is 25.9. The van der Waals surface area contributed by atoms with Crippen LogP contribution in [0.3, 0.4) is 0 Å². The third-order valence-corrected chi connectivity index (χ3v) is 9.15. The summed E-state index contributed by atoms with van der Waals surface area (Å²) in [6, 6.07) is 11.5. The number of aromatic nitrogens is 1. The van der Waals surface area contributed by atoms with Crippen molar-refractivity contribution in [3.05, 3.63) is 87.2 Å². The summed E-state index contributed by atoms with van der Waals surface area (Å²) in [5.41, 5.74) is 8.03. The molecule has 0 radical (unpaired) electrons. The number of rotatable bonds is 13. The minimum atomic E-state index is -3.05. The van der Waals surface area contributed by atoms with Crippen LogP contribution in [0.2, 0.25) is 10.0 Å². The summed E-state index contributed by atoms with van der Waals surface area (Å²) in [6.07, 6.45) is 4.63. The van der Waals surface area contributed by atoms with Gasteiger partial charge in [0.25, 0.3) is 5.91 Å². The number of nitrogens with zero attached hydrogens (tertiary/aromatic N) is 2. The number of esters is 1. The molecule has 2 aliphatic rings. The van der Waals surface area contributed by atoms with Gasteiger partial charge in [-0.3, -0.25) is 9.78 Å². The highest BCUT2D eigenvalue weighted by Crippen LogP contribution is 2.39. The van der Waals surface area contributed by atoms with Crippen molar-refractivity contribution in [2.24, 2.45) is 11.7 Å². The van der Waals surface area contributed by atoms with Crippen LogP contribution in [0.4, 0.5) is 8.78 Å². The first-order valence-corrected chi connectivity index (χ1v) is 16.0. The molecule has 1 aliphatic carbocycles. The molecule has 1 amide bonds. The third-order valence-electron chi connectivity index (χ3n) is 7.31. The van der Waals surface area contributed by atoms with Crippen molar-refractivity contribution < 1.29 is 32.6 Å². The number of carbonyl (C=O) groups excluding carboxylic acids is 2. The molecule has 1 saturated carbocycles. The maximum absolute atomic E-state index is 13.7. The Hall–Kier alpha value is -3.12. The zero-order valence-electron chi connectivity index (χ0n) is 23.6. The molecule has 1 aliphatic heterocycles. The fraction of sp³-hybridized carbons (Fsp3) is 0.387. The van der Waals surface area contributed by atoms with Crippen molar-refractivity contribution in [1.82, 2.24) is 9.88 Å². The Kier molecular flexibility index (Phi) is 10.8. The number of hydrogen-bond acceptors (Lipinski definition) is 8. The topological polar surface area (TPSA) is 104 Å². The van der Waals surface area contributed by atoms with Crippen molar-refractivity contribution in [1.29, 1.82) is 0 Å². The molecule has 5 rings (SSSR count). The molecule has 234 valence electrons. The van der Waals surface area contributed by atoms with Gasteiger partial charge in [-0.1, -0.05) is 41.4 Å². The van der Waals surface area contributed by atoms with E-state index < -0.39 is 24.1 Å². The predicted molar refractivity (Wildman–Crippen MR) is 165 cm³/mol. The van der Waals surface area contributed by atoms with Crippen LogP contribution in [0.5, 0.6) is 11.5 Å². The number of nitrogens with two attached hydrogens (primary N) is 1. The Bertz CT molecular complexity index is 1460. The molecule has 13 heteroatoms. The van der Waals surface area contributed by atoms with Gasteiger partial charge in [0.05, 0.1) is 16.7 Å². The fourth-order valence-corrected chi connectivity index (χ4v) is 6.40. The largest absolute Gasteiger partial charge is 0.489 e. The zero-order chi connectivity index (χ0) is 31.2. The van der Waals surface area contributed by atoms with Gasteiger partial charge in [0.1, 0.15) is 6.10 Å². The summed E-state index contributed by atoms with van der Waals surface area (Å²) < 4.78 is 42.9. The number of thioether (sulfide) groups is 1. The first-order chi connectivity index (χ1) is 21.2. The maximum atomic E-state index is 13.7. The molecular weight excluding hydrogens is 635 g/mol. The van der Waals surface area contributed by atoms with E-state index in [1.165, 1.54) is 47.3 Å². The quantitative estimate of drug-likeness (QED) is 0.212. The Morgan fingerprint density at radius 2 is 1.80 bits per heavy atom. The average molecular weight is 667 g/mol. The molecule has 2 N–H and O–H groups in total. The number of halogens is 4. The lowest BCUT2D eigenvalue weighted by Gasteiger charge is -2.26. The van der Waals surface area contributed by atoms with E-state index in [0.717, 1.165) is 18.4 Å². The number of hydrogen-bond donors (Lipinski definition) is 1. The van der Waals surface area contributed by atoms with Gasteiger partial charge < -0.3 is 24.8 Å².